The van der Waals surface area contributed by atoms with Crippen molar-refractivity contribution in [3.63, 3.8) is 0 Å². The summed E-state index contributed by atoms with van der Waals surface area (Å²) in [6.45, 7) is 2.12. The zero-order chi connectivity index (χ0) is 37.8. The van der Waals surface area contributed by atoms with Crippen LogP contribution in [0.3, 0.4) is 0 Å². The van der Waals surface area contributed by atoms with Crippen LogP contribution in [0, 0.1) is 0 Å². The van der Waals surface area contributed by atoms with E-state index in [9.17, 15) is 61.0 Å². The maximum Gasteiger partial charge on any atom is 0.239 e. The molecule has 19 nitrogen and oxygen atoms in total. The molecule has 3 fully saturated rings. The fourth-order valence-corrected chi connectivity index (χ4v) is 6.20. The van der Waals surface area contributed by atoms with Gasteiger partial charge >= 0.3 is 0 Å². The molecule has 52 heavy (non-hydrogen) atoms. The van der Waals surface area contributed by atoms with Crippen LogP contribution in [0.2, 0.25) is 0 Å². The minimum absolute atomic E-state index is 0.138. The number of fused-ring (bicyclic) bond motifs is 1. The number of aliphatic hydroxyl groups is 8. The zero-order valence-corrected chi connectivity index (χ0v) is 27.5. The summed E-state index contributed by atoms with van der Waals surface area (Å²) < 4.78 is 40.3. The van der Waals surface area contributed by atoms with Crippen molar-refractivity contribution in [3.8, 4) is 34.3 Å². The molecule has 2 aromatic carbocycles. The SMILES string of the molecule is C[C@@H]1O[C@@H](O[C@@H]2[C@@H](Oc3c(-c4ccc(O)cc4)oc4cc(O)cc(O)c4c3=O)O[C@@H](CO[C@@H]3O[C@@H](C)[C@H](O)[C@H](O)[C@H]3O)[C@H](O)[C@@H]2O)[C@@H](O)[C@@H](O)[C@H]1O. The second kappa shape index (κ2) is 15.0. The number of phenols is 3. The first-order valence-corrected chi connectivity index (χ1v) is 16.2. The Labute approximate surface area is 293 Å². The Bertz CT molecular complexity index is 1760. The Morgan fingerprint density at radius 2 is 1.25 bits per heavy atom. The van der Waals surface area contributed by atoms with E-state index in [1.807, 2.05) is 0 Å². The summed E-state index contributed by atoms with van der Waals surface area (Å²) >= 11 is 0. The fourth-order valence-electron chi connectivity index (χ4n) is 6.20. The molecular formula is C33H40O19. The van der Waals surface area contributed by atoms with Crippen LogP contribution in [-0.2, 0) is 23.7 Å². The third kappa shape index (κ3) is 7.16. The molecule has 0 amide bonds. The standard InChI is InChI=1S/C33H40O19/c1-10-19(37)23(41)26(44)31(47-10)46-9-17-21(39)25(43)30(52-32-27(45)24(42)20(38)11(2)48-32)33(50-17)51-29-22(40)18-15(36)7-14(35)8-16(18)49-28(29)12-3-5-13(34)6-4-12/h3-8,10-11,17,19-21,23-27,30-39,41-45H,9H2,1-2H3/t10-,11-,17-,19-,20-,21-,23-,24-,25-,26+,27-,30-,31+,32-,33+/m0/s1. The predicted molar refractivity (Wildman–Crippen MR) is 170 cm³/mol. The molecule has 3 aliphatic rings. The van der Waals surface area contributed by atoms with Crippen LogP contribution in [-0.4, -0.2) is 155 Å². The molecule has 3 aliphatic heterocycles. The van der Waals surface area contributed by atoms with Crippen molar-refractivity contribution < 1.29 is 89.0 Å². The Kier molecular flexibility index (Phi) is 11.0. The number of aromatic hydroxyl groups is 3. The molecule has 0 unspecified atom stereocenters. The van der Waals surface area contributed by atoms with Crippen molar-refractivity contribution in [1.82, 2.24) is 0 Å². The van der Waals surface area contributed by atoms with Gasteiger partial charge in [-0.1, -0.05) is 0 Å². The van der Waals surface area contributed by atoms with E-state index in [-0.39, 0.29) is 22.7 Å². The van der Waals surface area contributed by atoms with Gasteiger partial charge < -0.3 is 89.0 Å². The minimum atomic E-state index is -2.00. The number of rotatable bonds is 8. The Hall–Kier alpha value is -3.67. The molecule has 11 N–H and O–H groups in total. The number of aliphatic hydroxyl groups excluding tert-OH is 8. The second-order valence-electron chi connectivity index (χ2n) is 12.9. The number of ether oxygens (including phenoxy) is 6. The van der Waals surface area contributed by atoms with Crippen molar-refractivity contribution in [1.29, 1.82) is 0 Å². The third-order valence-corrected chi connectivity index (χ3v) is 9.26. The molecule has 286 valence electrons. The molecule has 15 atom stereocenters. The highest BCUT2D eigenvalue weighted by molar-refractivity contribution is 5.88. The molecule has 4 heterocycles. The first-order valence-electron chi connectivity index (χ1n) is 16.2. The van der Waals surface area contributed by atoms with Gasteiger partial charge in [0, 0.05) is 17.7 Å². The van der Waals surface area contributed by atoms with Gasteiger partial charge in [0.2, 0.25) is 17.5 Å². The number of hydrogen-bond acceptors (Lipinski definition) is 19. The van der Waals surface area contributed by atoms with Crippen LogP contribution < -0.4 is 10.2 Å². The summed E-state index contributed by atoms with van der Waals surface area (Å²) in [5.41, 5.74) is -1.15. The molecule has 3 aromatic rings. The highest BCUT2D eigenvalue weighted by Gasteiger charge is 2.52. The van der Waals surface area contributed by atoms with Gasteiger partial charge in [0.05, 0.1) is 18.8 Å². The van der Waals surface area contributed by atoms with E-state index in [1.54, 1.807) is 0 Å². The van der Waals surface area contributed by atoms with Crippen LogP contribution in [0.4, 0.5) is 0 Å². The molecule has 6 rings (SSSR count). The van der Waals surface area contributed by atoms with Crippen LogP contribution in [0.15, 0.2) is 45.6 Å². The van der Waals surface area contributed by atoms with E-state index < -0.39 is 127 Å². The smallest absolute Gasteiger partial charge is 0.239 e. The van der Waals surface area contributed by atoms with Gasteiger partial charge in [-0.05, 0) is 38.1 Å². The van der Waals surface area contributed by atoms with Gasteiger partial charge in [-0.2, -0.15) is 0 Å². The molecular weight excluding hydrogens is 700 g/mol. The molecule has 0 bridgehead atoms. The van der Waals surface area contributed by atoms with Crippen LogP contribution in [0.25, 0.3) is 22.3 Å². The summed E-state index contributed by atoms with van der Waals surface area (Å²) in [6, 6.07) is 7.16. The Balaban J connectivity index is 1.38. The zero-order valence-electron chi connectivity index (χ0n) is 27.5. The first-order chi connectivity index (χ1) is 24.6. The highest BCUT2D eigenvalue weighted by Crippen LogP contribution is 2.38. The lowest BCUT2D eigenvalue weighted by atomic mass is 9.97. The monoisotopic (exact) mass is 740 g/mol. The van der Waals surface area contributed by atoms with Gasteiger partial charge in [-0.25, -0.2) is 0 Å². The number of benzene rings is 2. The number of phenolic OH excluding ortho intramolecular Hbond substituents is 3. The van der Waals surface area contributed by atoms with E-state index in [0.717, 1.165) is 12.1 Å². The summed E-state index contributed by atoms with van der Waals surface area (Å²) in [6.07, 6.45) is -24.7. The average molecular weight is 741 g/mol. The van der Waals surface area contributed by atoms with Crippen molar-refractivity contribution in [3.05, 3.63) is 46.6 Å². The highest BCUT2D eigenvalue weighted by atomic mass is 16.8. The van der Waals surface area contributed by atoms with E-state index in [4.69, 9.17) is 32.8 Å². The Morgan fingerprint density at radius 3 is 1.88 bits per heavy atom. The second-order valence-corrected chi connectivity index (χ2v) is 12.9. The molecule has 0 spiro atoms. The van der Waals surface area contributed by atoms with Gasteiger partial charge in [0.15, 0.2) is 24.4 Å². The number of hydrogen-bond donors (Lipinski definition) is 11. The lowest BCUT2D eigenvalue weighted by molar-refractivity contribution is -0.360. The molecule has 0 aliphatic carbocycles. The van der Waals surface area contributed by atoms with Crippen LogP contribution in [0.5, 0.6) is 23.0 Å². The van der Waals surface area contributed by atoms with E-state index in [0.29, 0.717) is 0 Å². The van der Waals surface area contributed by atoms with Gasteiger partial charge in [0.1, 0.15) is 83.2 Å². The normalized spacial score (nSPS) is 38.3. The third-order valence-electron chi connectivity index (χ3n) is 9.26. The van der Waals surface area contributed by atoms with Crippen molar-refractivity contribution in [2.24, 2.45) is 0 Å². The minimum Gasteiger partial charge on any atom is -0.508 e. The fraction of sp³-hybridized carbons (Fsp3) is 0.545. The quantitative estimate of drug-likeness (QED) is 0.113. The first kappa shape index (κ1) is 38.1. The summed E-state index contributed by atoms with van der Waals surface area (Å²) in [7, 11) is 0. The lowest BCUT2D eigenvalue weighted by Gasteiger charge is -2.46. The molecule has 19 heteroatoms. The summed E-state index contributed by atoms with van der Waals surface area (Å²) in [4.78, 5) is 14.0. The van der Waals surface area contributed by atoms with E-state index in [2.05, 4.69) is 0 Å². The molecule has 3 saturated heterocycles. The lowest BCUT2D eigenvalue weighted by Crippen LogP contribution is -2.65. The van der Waals surface area contributed by atoms with Crippen molar-refractivity contribution >= 4 is 11.0 Å². The van der Waals surface area contributed by atoms with Gasteiger partial charge in [0.25, 0.3) is 0 Å². The Morgan fingerprint density at radius 1 is 0.654 bits per heavy atom. The average Bonchev–Trinajstić information content (AvgIpc) is 3.10. The maximum atomic E-state index is 14.0. The van der Waals surface area contributed by atoms with E-state index in [1.165, 1.54) is 38.1 Å². The van der Waals surface area contributed by atoms with E-state index >= 15 is 0 Å². The van der Waals surface area contributed by atoms with Gasteiger partial charge in [-0.15, -0.1) is 0 Å². The van der Waals surface area contributed by atoms with Crippen LogP contribution in [0.1, 0.15) is 13.8 Å². The van der Waals surface area contributed by atoms with Crippen molar-refractivity contribution in [2.75, 3.05) is 6.61 Å². The maximum absolute atomic E-state index is 14.0. The molecule has 1 aromatic heterocycles. The summed E-state index contributed by atoms with van der Waals surface area (Å²) in [5.74, 6) is -2.27. The largest absolute Gasteiger partial charge is 0.508 e. The van der Waals surface area contributed by atoms with Gasteiger partial charge in [-0.3, -0.25) is 4.79 Å². The topological polar surface area (TPSA) is 308 Å². The predicted octanol–water partition coefficient (Wildman–Crippen LogP) is -2.54. The molecule has 0 saturated carbocycles. The van der Waals surface area contributed by atoms with Crippen molar-refractivity contribution in [2.45, 2.75) is 106 Å². The van der Waals surface area contributed by atoms with Crippen LogP contribution >= 0.6 is 0 Å². The summed E-state index contributed by atoms with van der Waals surface area (Å²) in [5, 5.41) is 115. The molecule has 0 radical (unpaired) electrons.